The second kappa shape index (κ2) is 11.4. The summed E-state index contributed by atoms with van der Waals surface area (Å²) in [6, 6.07) is 5.74. The molecule has 5 rings (SSSR count). The molecule has 2 fully saturated rings. The molecule has 2 aromatic heterocycles. The highest BCUT2D eigenvalue weighted by molar-refractivity contribution is 5.85. The monoisotopic (exact) mass is 560 g/mol. The zero-order chi connectivity index (χ0) is 27.0. The van der Waals surface area contributed by atoms with Gasteiger partial charge in [0.05, 0.1) is 17.5 Å². The van der Waals surface area contributed by atoms with E-state index in [-0.39, 0.29) is 24.4 Å². The zero-order valence-electron chi connectivity index (χ0n) is 22.4. The van der Waals surface area contributed by atoms with Crippen LogP contribution in [0.4, 0.5) is 26.2 Å². The number of hydrogen-bond acceptors (Lipinski definition) is 8. The van der Waals surface area contributed by atoms with E-state index in [9.17, 15) is 13.9 Å². The summed E-state index contributed by atoms with van der Waals surface area (Å²) in [5, 5.41) is 14.7. The minimum Gasteiger partial charge on any atom is -0.386 e. The van der Waals surface area contributed by atoms with Gasteiger partial charge in [-0.25, -0.2) is 13.5 Å². The first-order valence-electron chi connectivity index (χ1n) is 12.9. The molecule has 2 saturated heterocycles. The maximum absolute atomic E-state index is 13.7. The number of nitrogen functional groups attached to an aromatic ring is 1. The van der Waals surface area contributed by atoms with Crippen LogP contribution in [0.25, 0.3) is 11.9 Å². The van der Waals surface area contributed by atoms with Crippen LogP contribution < -0.4 is 15.5 Å². The van der Waals surface area contributed by atoms with E-state index in [1.54, 1.807) is 11.6 Å². The summed E-state index contributed by atoms with van der Waals surface area (Å²) in [5.41, 5.74) is 7.87. The van der Waals surface area contributed by atoms with E-state index >= 15 is 0 Å². The highest BCUT2D eigenvalue weighted by Crippen LogP contribution is 2.28. The maximum Gasteiger partial charge on any atom is 0.224 e. The first-order valence-corrected chi connectivity index (χ1v) is 12.9. The number of anilines is 3. The highest BCUT2D eigenvalue weighted by Gasteiger charge is 2.37. The molecule has 39 heavy (non-hydrogen) atoms. The molecule has 3 aromatic rings. The second-order valence-electron chi connectivity index (χ2n) is 10.4. The van der Waals surface area contributed by atoms with Gasteiger partial charge in [-0.1, -0.05) is 19.1 Å². The van der Waals surface area contributed by atoms with Gasteiger partial charge < -0.3 is 20.6 Å². The summed E-state index contributed by atoms with van der Waals surface area (Å²) >= 11 is 0. The molecule has 3 N–H and O–H groups in total. The molecule has 210 valence electrons. The van der Waals surface area contributed by atoms with E-state index in [2.05, 4.69) is 46.0 Å². The molecule has 0 amide bonds. The molecule has 9 nitrogen and oxygen atoms in total. The zero-order valence-corrected chi connectivity index (χ0v) is 23.2. The van der Waals surface area contributed by atoms with Crippen LogP contribution in [0.2, 0.25) is 0 Å². The number of nitrogens with zero attached hydrogens (tertiary/aromatic N) is 7. The summed E-state index contributed by atoms with van der Waals surface area (Å²) < 4.78 is 29.1. The predicted octanol–water partition coefficient (Wildman–Crippen LogP) is 3.30. The lowest BCUT2D eigenvalue weighted by atomic mass is 9.97. The van der Waals surface area contributed by atoms with Crippen molar-refractivity contribution in [2.24, 2.45) is 0 Å². The topological polar surface area (TPSA) is 99.6 Å². The lowest BCUT2D eigenvalue weighted by Gasteiger charge is -2.44. The minimum absolute atomic E-state index is 0. The van der Waals surface area contributed by atoms with Crippen molar-refractivity contribution < 1.29 is 13.9 Å². The smallest absolute Gasteiger partial charge is 0.224 e. The molecule has 2 aliphatic rings. The number of β-amino-alcohol motifs (C(OH)–C–C–N with tert-alkyl or cyclic N) is 1. The number of rotatable bonds is 7. The first-order chi connectivity index (χ1) is 18.1. The van der Waals surface area contributed by atoms with Gasteiger partial charge in [0, 0.05) is 68.7 Å². The van der Waals surface area contributed by atoms with Gasteiger partial charge in [-0.3, -0.25) is 4.90 Å². The Bertz CT molecular complexity index is 1320. The number of aliphatic hydroxyl groups is 1. The lowest BCUT2D eigenvalue weighted by molar-refractivity contribution is 0.0305. The van der Waals surface area contributed by atoms with Gasteiger partial charge in [-0.2, -0.15) is 15.1 Å². The molecule has 1 aromatic carbocycles. The molecule has 0 radical (unpaired) electrons. The number of benzene rings is 1. The van der Waals surface area contributed by atoms with Gasteiger partial charge in [-0.05, 0) is 32.4 Å². The van der Waals surface area contributed by atoms with Crippen molar-refractivity contribution in [3.63, 3.8) is 0 Å². The molecule has 1 atom stereocenters. The average Bonchev–Trinajstić information content (AvgIpc) is 3.25. The largest absolute Gasteiger partial charge is 0.386 e. The van der Waals surface area contributed by atoms with Crippen molar-refractivity contribution in [2.75, 3.05) is 54.8 Å². The highest BCUT2D eigenvalue weighted by atomic mass is 35.5. The molecule has 0 unspecified atom stereocenters. The molecule has 0 bridgehead atoms. The lowest BCUT2D eigenvalue weighted by Crippen LogP contribution is -2.60. The maximum atomic E-state index is 13.7. The summed E-state index contributed by atoms with van der Waals surface area (Å²) in [5.74, 6) is 0.310. The Kier molecular flexibility index (Phi) is 8.43. The van der Waals surface area contributed by atoms with Gasteiger partial charge in [0.25, 0.3) is 0 Å². The van der Waals surface area contributed by atoms with E-state index in [1.807, 2.05) is 22.1 Å². The van der Waals surface area contributed by atoms with Crippen LogP contribution in [0.1, 0.15) is 32.0 Å². The standard InChI is InChI=1S/C27H34F2N8O.ClH/c1-4-23-19(14-31-37(23)25-13-24(32-26(30)33-25)36-16-27(3,38)17-36)6-5-7-34-8-9-35(15-18(34)2)22-11-20(28)10-21(29)12-22;/h5-6,10-14,18,38H,4,7-9,15-17H2,1-3H3,(H2,30,32,33);1H/b6-5+;/t18-;/m1./s1. The van der Waals surface area contributed by atoms with Crippen molar-refractivity contribution in [2.45, 2.75) is 38.8 Å². The molecule has 0 aliphatic carbocycles. The number of nitrogens with two attached hydrogens (primary N) is 1. The van der Waals surface area contributed by atoms with E-state index in [1.165, 1.54) is 12.1 Å². The van der Waals surface area contributed by atoms with Crippen LogP contribution in [0, 0.1) is 11.6 Å². The van der Waals surface area contributed by atoms with Crippen LogP contribution in [0.15, 0.2) is 36.5 Å². The minimum atomic E-state index is -0.723. The third-order valence-corrected chi connectivity index (χ3v) is 7.17. The average molecular weight is 561 g/mol. The molecule has 4 heterocycles. The first kappa shape index (κ1) is 28.7. The Morgan fingerprint density at radius 1 is 1.08 bits per heavy atom. The molecule has 2 aliphatic heterocycles. The summed E-state index contributed by atoms with van der Waals surface area (Å²) in [6.07, 6.45) is 6.76. The molecule has 12 heteroatoms. The second-order valence-corrected chi connectivity index (χ2v) is 10.4. The number of piperazine rings is 1. The van der Waals surface area contributed by atoms with Crippen LogP contribution >= 0.6 is 12.4 Å². The van der Waals surface area contributed by atoms with Gasteiger partial charge in [-0.15, -0.1) is 12.4 Å². The van der Waals surface area contributed by atoms with E-state index in [4.69, 9.17) is 5.73 Å². The van der Waals surface area contributed by atoms with Crippen molar-refractivity contribution in [1.29, 1.82) is 0 Å². The number of aromatic nitrogens is 4. The quantitative estimate of drug-likeness (QED) is 0.454. The SMILES string of the molecule is CCc1c(/C=C/CN2CCN(c3cc(F)cc(F)c3)C[C@H]2C)cnn1-c1cc(N2CC(C)(O)C2)nc(N)n1.Cl. The third-order valence-electron chi connectivity index (χ3n) is 7.17. The van der Waals surface area contributed by atoms with Crippen LogP contribution in [-0.4, -0.2) is 80.7 Å². The number of hydrogen-bond donors (Lipinski definition) is 2. The van der Waals surface area contributed by atoms with E-state index in [0.717, 1.165) is 36.8 Å². The van der Waals surface area contributed by atoms with E-state index in [0.29, 0.717) is 43.5 Å². The summed E-state index contributed by atoms with van der Waals surface area (Å²) in [4.78, 5) is 15.1. The van der Waals surface area contributed by atoms with Gasteiger partial charge >= 0.3 is 0 Å². The Morgan fingerprint density at radius 3 is 2.41 bits per heavy atom. The fraction of sp³-hybridized carbons (Fsp3) is 0.444. The predicted molar refractivity (Wildman–Crippen MR) is 152 cm³/mol. The van der Waals surface area contributed by atoms with Crippen LogP contribution in [-0.2, 0) is 6.42 Å². The van der Waals surface area contributed by atoms with Crippen LogP contribution in [0.3, 0.4) is 0 Å². The molecular weight excluding hydrogens is 526 g/mol. The van der Waals surface area contributed by atoms with E-state index < -0.39 is 17.2 Å². The van der Waals surface area contributed by atoms with Crippen LogP contribution in [0.5, 0.6) is 0 Å². The van der Waals surface area contributed by atoms with Crippen molar-refractivity contribution in [3.8, 4) is 5.82 Å². The normalized spacial score (nSPS) is 19.3. The van der Waals surface area contributed by atoms with Crippen molar-refractivity contribution >= 4 is 35.9 Å². The van der Waals surface area contributed by atoms with Crippen molar-refractivity contribution in [3.05, 3.63) is 59.4 Å². The number of halogens is 3. The van der Waals surface area contributed by atoms with Crippen molar-refractivity contribution in [1.82, 2.24) is 24.6 Å². The molecule has 0 saturated carbocycles. The fourth-order valence-electron chi connectivity index (χ4n) is 5.26. The van der Waals surface area contributed by atoms with Gasteiger partial charge in [0.15, 0.2) is 5.82 Å². The summed E-state index contributed by atoms with van der Waals surface area (Å²) in [6.45, 7) is 9.89. The molecular formula is C27H35ClF2N8O. The van der Waals surface area contributed by atoms with Gasteiger partial charge in [0.2, 0.25) is 5.95 Å². The third kappa shape index (κ3) is 6.32. The van der Waals surface area contributed by atoms with Gasteiger partial charge in [0.1, 0.15) is 17.5 Å². The fourth-order valence-corrected chi connectivity index (χ4v) is 5.26. The Balaban J connectivity index is 0.00000353. The Labute approximate surface area is 233 Å². The Hall–Kier alpha value is -3.28. The summed E-state index contributed by atoms with van der Waals surface area (Å²) in [7, 11) is 0. The Morgan fingerprint density at radius 2 is 1.77 bits per heavy atom. The molecule has 0 spiro atoms.